The van der Waals surface area contributed by atoms with Crippen LogP contribution in [0, 0.1) is 13.8 Å². The minimum Gasteiger partial charge on any atom is -0.451 e. The lowest BCUT2D eigenvalue weighted by Crippen LogP contribution is -2.10. The van der Waals surface area contributed by atoms with Crippen molar-refractivity contribution in [1.82, 2.24) is 0 Å². The first-order valence-corrected chi connectivity index (χ1v) is 7.65. The third kappa shape index (κ3) is 3.46. The predicted molar refractivity (Wildman–Crippen MR) is 93.0 cm³/mol. The van der Waals surface area contributed by atoms with Crippen LogP contribution in [0.15, 0.2) is 59.0 Å². The van der Waals surface area contributed by atoms with Crippen LogP contribution in [0.3, 0.4) is 0 Å². The van der Waals surface area contributed by atoms with E-state index in [1.54, 1.807) is 24.3 Å². The number of halogens is 1. The fourth-order valence-electron chi connectivity index (χ4n) is 2.24. The Hall–Kier alpha value is -2.52. The van der Waals surface area contributed by atoms with Crippen molar-refractivity contribution in [2.75, 3.05) is 5.32 Å². The van der Waals surface area contributed by atoms with E-state index in [0.717, 1.165) is 16.8 Å². The molecule has 4 heteroatoms. The SMILES string of the molecule is Cc1ccc(NC(=O)c2ccc(-c3ccc(Cl)cc3)o2)cc1C. The van der Waals surface area contributed by atoms with Gasteiger partial charge in [0.2, 0.25) is 0 Å². The monoisotopic (exact) mass is 325 g/mol. The van der Waals surface area contributed by atoms with Gasteiger partial charge in [0.1, 0.15) is 5.76 Å². The Morgan fingerprint density at radius 2 is 1.70 bits per heavy atom. The lowest BCUT2D eigenvalue weighted by molar-refractivity contribution is 0.0997. The molecule has 3 aromatic rings. The Balaban J connectivity index is 1.78. The third-order valence-corrected chi connectivity index (χ3v) is 3.98. The van der Waals surface area contributed by atoms with E-state index in [2.05, 4.69) is 5.32 Å². The van der Waals surface area contributed by atoms with Crippen LogP contribution in [0.25, 0.3) is 11.3 Å². The molecule has 3 rings (SSSR count). The van der Waals surface area contributed by atoms with E-state index >= 15 is 0 Å². The maximum Gasteiger partial charge on any atom is 0.291 e. The minimum absolute atomic E-state index is 0.270. The molecule has 2 aromatic carbocycles. The van der Waals surface area contributed by atoms with Gasteiger partial charge in [0.25, 0.3) is 5.91 Å². The summed E-state index contributed by atoms with van der Waals surface area (Å²) in [5, 5.41) is 3.51. The van der Waals surface area contributed by atoms with Crippen LogP contribution in [-0.2, 0) is 0 Å². The lowest BCUT2D eigenvalue weighted by atomic mass is 10.1. The number of aryl methyl sites for hydroxylation is 2. The highest BCUT2D eigenvalue weighted by molar-refractivity contribution is 6.30. The van der Waals surface area contributed by atoms with E-state index in [0.29, 0.717) is 10.8 Å². The molecule has 0 saturated heterocycles. The third-order valence-electron chi connectivity index (χ3n) is 3.72. The summed E-state index contributed by atoms with van der Waals surface area (Å²) in [5.41, 5.74) is 3.94. The summed E-state index contributed by atoms with van der Waals surface area (Å²) in [6, 6.07) is 16.5. The van der Waals surface area contributed by atoms with Gasteiger partial charge in [-0.3, -0.25) is 4.79 Å². The minimum atomic E-state index is -0.270. The Kier molecular flexibility index (Phi) is 4.22. The van der Waals surface area contributed by atoms with Crippen molar-refractivity contribution < 1.29 is 9.21 Å². The molecule has 23 heavy (non-hydrogen) atoms. The standard InChI is InChI=1S/C19H16ClNO2/c1-12-3-8-16(11-13(12)2)21-19(22)18-10-9-17(23-18)14-4-6-15(20)7-5-14/h3-11H,1-2H3,(H,21,22). The molecule has 0 saturated carbocycles. The molecule has 0 aliphatic carbocycles. The van der Waals surface area contributed by atoms with Gasteiger partial charge in [-0.15, -0.1) is 0 Å². The van der Waals surface area contributed by atoms with Crippen LogP contribution in [0.2, 0.25) is 5.02 Å². The number of carbonyl (C=O) groups excluding carboxylic acids is 1. The van der Waals surface area contributed by atoms with Crippen LogP contribution in [0.5, 0.6) is 0 Å². The molecule has 1 aromatic heterocycles. The summed E-state index contributed by atoms with van der Waals surface area (Å²) >= 11 is 5.87. The fourth-order valence-corrected chi connectivity index (χ4v) is 2.37. The van der Waals surface area contributed by atoms with Crippen molar-refractivity contribution in [1.29, 1.82) is 0 Å². The number of nitrogens with one attached hydrogen (secondary N) is 1. The second-order valence-electron chi connectivity index (χ2n) is 5.42. The summed E-state index contributed by atoms with van der Waals surface area (Å²) in [4.78, 5) is 12.3. The molecule has 3 nitrogen and oxygen atoms in total. The average molecular weight is 326 g/mol. The number of rotatable bonds is 3. The van der Waals surface area contributed by atoms with E-state index in [1.807, 2.05) is 44.2 Å². The highest BCUT2D eigenvalue weighted by atomic mass is 35.5. The van der Waals surface area contributed by atoms with Crippen molar-refractivity contribution in [3.63, 3.8) is 0 Å². The van der Waals surface area contributed by atoms with E-state index in [-0.39, 0.29) is 11.7 Å². The Labute approximate surface area is 139 Å². The zero-order valence-electron chi connectivity index (χ0n) is 12.9. The van der Waals surface area contributed by atoms with Gasteiger partial charge in [0.05, 0.1) is 0 Å². The number of carbonyl (C=O) groups is 1. The molecular formula is C19H16ClNO2. The first-order valence-electron chi connectivity index (χ1n) is 7.27. The van der Waals surface area contributed by atoms with Crippen LogP contribution in [-0.4, -0.2) is 5.91 Å². The van der Waals surface area contributed by atoms with Gasteiger partial charge in [0.15, 0.2) is 5.76 Å². The first kappa shape index (κ1) is 15.4. The van der Waals surface area contributed by atoms with Gasteiger partial charge < -0.3 is 9.73 Å². The molecule has 0 unspecified atom stereocenters. The maximum atomic E-state index is 12.3. The predicted octanol–water partition coefficient (Wildman–Crippen LogP) is 5.47. The van der Waals surface area contributed by atoms with Crippen molar-refractivity contribution in [3.05, 3.63) is 76.5 Å². The van der Waals surface area contributed by atoms with Crippen molar-refractivity contribution in [3.8, 4) is 11.3 Å². The maximum absolute atomic E-state index is 12.3. The first-order chi connectivity index (χ1) is 11.0. The number of hydrogen-bond donors (Lipinski definition) is 1. The molecule has 0 aliphatic heterocycles. The molecule has 0 atom stereocenters. The van der Waals surface area contributed by atoms with Gasteiger partial charge in [-0.25, -0.2) is 0 Å². The van der Waals surface area contributed by atoms with Crippen molar-refractivity contribution >= 4 is 23.2 Å². The van der Waals surface area contributed by atoms with Crippen LogP contribution < -0.4 is 5.32 Å². The quantitative estimate of drug-likeness (QED) is 0.693. The van der Waals surface area contributed by atoms with E-state index in [1.165, 1.54) is 5.56 Å². The Bertz CT molecular complexity index is 850. The molecular weight excluding hydrogens is 310 g/mol. The number of furan rings is 1. The summed E-state index contributed by atoms with van der Waals surface area (Å²) < 4.78 is 5.64. The number of anilines is 1. The molecule has 0 radical (unpaired) electrons. The lowest BCUT2D eigenvalue weighted by Gasteiger charge is -2.06. The molecule has 0 aliphatic rings. The second kappa shape index (κ2) is 6.31. The molecule has 0 spiro atoms. The summed E-state index contributed by atoms with van der Waals surface area (Å²) in [7, 11) is 0. The summed E-state index contributed by atoms with van der Waals surface area (Å²) in [5.74, 6) is 0.633. The fraction of sp³-hybridized carbons (Fsp3) is 0.105. The van der Waals surface area contributed by atoms with Gasteiger partial charge in [-0.05, 0) is 73.5 Å². The normalized spacial score (nSPS) is 10.6. The zero-order chi connectivity index (χ0) is 16.4. The van der Waals surface area contributed by atoms with Crippen molar-refractivity contribution in [2.24, 2.45) is 0 Å². The van der Waals surface area contributed by atoms with Crippen molar-refractivity contribution in [2.45, 2.75) is 13.8 Å². The number of amides is 1. The van der Waals surface area contributed by atoms with Crippen LogP contribution >= 0.6 is 11.6 Å². The number of benzene rings is 2. The molecule has 0 bridgehead atoms. The van der Waals surface area contributed by atoms with Gasteiger partial charge >= 0.3 is 0 Å². The van der Waals surface area contributed by atoms with E-state index in [9.17, 15) is 4.79 Å². The average Bonchev–Trinajstić information content (AvgIpc) is 3.02. The molecule has 116 valence electrons. The van der Waals surface area contributed by atoms with E-state index in [4.69, 9.17) is 16.0 Å². The Morgan fingerprint density at radius 1 is 0.957 bits per heavy atom. The topological polar surface area (TPSA) is 42.2 Å². The van der Waals surface area contributed by atoms with Crippen LogP contribution in [0.4, 0.5) is 5.69 Å². The molecule has 1 heterocycles. The van der Waals surface area contributed by atoms with Gasteiger partial charge in [-0.2, -0.15) is 0 Å². The van der Waals surface area contributed by atoms with E-state index < -0.39 is 0 Å². The molecule has 0 fully saturated rings. The molecule has 1 N–H and O–H groups in total. The van der Waals surface area contributed by atoms with Gasteiger partial charge in [-0.1, -0.05) is 17.7 Å². The zero-order valence-corrected chi connectivity index (χ0v) is 13.6. The van der Waals surface area contributed by atoms with Gasteiger partial charge in [0, 0.05) is 16.3 Å². The smallest absolute Gasteiger partial charge is 0.291 e. The highest BCUT2D eigenvalue weighted by Gasteiger charge is 2.12. The highest BCUT2D eigenvalue weighted by Crippen LogP contribution is 2.24. The second-order valence-corrected chi connectivity index (χ2v) is 5.86. The summed E-state index contributed by atoms with van der Waals surface area (Å²) in [6.45, 7) is 4.04. The number of hydrogen-bond acceptors (Lipinski definition) is 2. The molecule has 1 amide bonds. The largest absolute Gasteiger partial charge is 0.451 e. The Morgan fingerprint density at radius 3 is 2.39 bits per heavy atom. The van der Waals surface area contributed by atoms with Crippen LogP contribution in [0.1, 0.15) is 21.7 Å². The summed E-state index contributed by atoms with van der Waals surface area (Å²) in [6.07, 6.45) is 0.